The average molecular weight is 229 g/mol. The molecule has 17 heavy (non-hydrogen) atoms. The number of rotatable bonds is 4. The number of anilines is 1. The summed E-state index contributed by atoms with van der Waals surface area (Å²) in [5.41, 5.74) is 0.979. The van der Waals surface area contributed by atoms with Gasteiger partial charge in [0.2, 0.25) is 0 Å². The summed E-state index contributed by atoms with van der Waals surface area (Å²) in [6.45, 7) is 1.97. The highest BCUT2D eigenvalue weighted by molar-refractivity contribution is 5.56. The Labute approximate surface area is 100 Å². The standard InChI is InChI=1S/C13H15N3O/c1-10(9-17)15-12-7-8-14-13(16-12)11-5-3-2-4-6-11/h2-8,10,17H,9H2,1H3,(H,14,15,16). The Morgan fingerprint density at radius 2 is 2.00 bits per heavy atom. The van der Waals surface area contributed by atoms with Crippen LogP contribution in [0.15, 0.2) is 42.6 Å². The predicted molar refractivity (Wildman–Crippen MR) is 67.6 cm³/mol. The molecule has 0 amide bonds. The van der Waals surface area contributed by atoms with Crippen LogP contribution in [0.25, 0.3) is 11.4 Å². The van der Waals surface area contributed by atoms with Crippen molar-refractivity contribution in [1.29, 1.82) is 0 Å². The van der Waals surface area contributed by atoms with E-state index in [1.54, 1.807) is 12.3 Å². The quantitative estimate of drug-likeness (QED) is 0.841. The fraction of sp³-hybridized carbons (Fsp3) is 0.231. The normalized spacial score (nSPS) is 12.1. The summed E-state index contributed by atoms with van der Waals surface area (Å²) in [5, 5.41) is 12.1. The van der Waals surface area contributed by atoms with E-state index < -0.39 is 0 Å². The molecule has 2 aromatic rings. The Morgan fingerprint density at radius 1 is 1.24 bits per heavy atom. The van der Waals surface area contributed by atoms with E-state index >= 15 is 0 Å². The topological polar surface area (TPSA) is 58.0 Å². The van der Waals surface area contributed by atoms with Gasteiger partial charge < -0.3 is 10.4 Å². The fourth-order valence-corrected chi connectivity index (χ4v) is 1.46. The Hall–Kier alpha value is -1.94. The predicted octanol–water partition coefficient (Wildman–Crippen LogP) is 1.94. The monoisotopic (exact) mass is 229 g/mol. The lowest BCUT2D eigenvalue weighted by molar-refractivity contribution is 0.281. The van der Waals surface area contributed by atoms with Crippen LogP contribution < -0.4 is 5.32 Å². The smallest absolute Gasteiger partial charge is 0.161 e. The number of aliphatic hydroxyl groups is 1. The highest BCUT2D eigenvalue weighted by Gasteiger charge is 2.04. The molecule has 0 radical (unpaired) electrons. The third-order valence-corrected chi connectivity index (χ3v) is 2.36. The van der Waals surface area contributed by atoms with Crippen molar-refractivity contribution < 1.29 is 5.11 Å². The van der Waals surface area contributed by atoms with Gasteiger partial charge in [0, 0.05) is 17.8 Å². The zero-order valence-corrected chi connectivity index (χ0v) is 9.67. The van der Waals surface area contributed by atoms with Crippen LogP contribution >= 0.6 is 0 Å². The zero-order chi connectivity index (χ0) is 12.1. The second-order valence-corrected chi connectivity index (χ2v) is 3.86. The Kier molecular flexibility index (Phi) is 3.67. The Balaban J connectivity index is 2.23. The number of hydrogen-bond acceptors (Lipinski definition) is 4. The van der Waals surface area contributed by atoms with Crippen molar-refractivity contribution in [2.24, 2.45) is 0 Å². The second-order valence-electron chi connectivity index (χ2n) is 3.86. The molecule has 0 bridgehead atoms. The van der Waals surface area contributed by atoms with Crippen molar-refractivity contribution in [2.75, 3.05) is 11.9 Å². The first-order chi connectivity index (χ1) is 8.29. The van der Waals surface area contributed by atoms with Crippen LogP contribution in [0.2, 0.25) is 0 Å². The minimum atomic E-state index is -0.0199. The highest BCUT2D eigenvalue weighted by Crippen LogP contribution is 2.15. The average Bonchev–Trinajstić information content (AvgIpc) is 2.40. The molecule has 2 N–H and O–H groups in total. The van der Waals surface area contributed by atoms with Crippen molar-refractivity contribution in [2.45, 2.75) is 13.0 Å². The Bertz CT molecular complexity index is 473. The van der Waals surface area contributed by atoms with Gasteiger partial charge in [-0.15, -0.1) is 0 Å². The second kappa shape index (κ2) is 5.41. The maximum Gasteiger partial charge on any atom is 0.161 e. The van der Waals surface area contributed by atoms with Gasteiger partial charge in [-0.1, -0.05) is 30.3 Å². The number of aliphatic hydroxyl groups excluding tert-OH is 1. The third kappa shape index (κ3) is 3.01. The summed E-state index contributed by atoms with van der Waals surface area (Å²) in [6.07, 6.45) is 1.71. The van der Waals surface area contributed by atoms with Crippen LogP contribution in [-0.2, 0) is 0 Å². The molecule has 0 saturated heterocycles. The molecule has 0 fully saturated rings. The van der Waals surface area contributed by atoms with Crippen LogP contribution in [0.1, 0.15) is 6.92 Å². The Morgan fingerprint density at radius 3 is 2.71 bits per heavy atom. The minimum Gasteiger partial charge on any atom is -0.394 e. The number of benzene rings is 1. The molecule has 1 aromatic heterocycles. The zero-order valence-electron chi connectivity index (χ0n) is 9.67. The first kappa shape index (κ1) is 11.5. The van der Waals surface area contributed by atoms with Crippen LogP contribution in [0.4, 0.5) is 5.82 Å². The van der Waals surface area contributed by atoms with Crippen molar-refractivity contribution in [3.8, 4) is 11.4 Å². The molecule has 1 heterocycles. The van der Waals surface area contributed by atoms with E-state index in [0.29, 0.717) is 5.82 Å². The van der Waals surface area contributed by atoms with Crippen molar-refractivity contribution in [3.05, 3.63) is 42.6 Å². The maximum atomic E-state index is 8.98. The molecule has 0 spiro atoms. The molecule has 0 aliphatic heterocycles. The molecule has 0 aliphatic carbocycles. The summed E-state index contributed by atoms with van der Waals surface area (Å²) in [4.78, 5) is 8.63. The molecule has 0 aliphatic rings. The fourth-order valence-electron chi connectivity index (χ4n) is 1.46. The van der Waals surface area contributed by atoms with Gasteiger partial charge in [-0.3, -0.25) is 0 Å². The molecule has 1 unspecified atom stereocenters. The van der Waals surface area contributed by atoms with Gasteiger partial charge in [-0.05, 0) is 13.0 Å². The van der Waals surface area contributed by atoms with Crippen LogP contribution in [0.5, 0.6) is 0 Å². The number of aromatic nitrogens is 2. The first-order valence-electron chi connectivity index (χ1n) is 5.55. The highest BCUT2D eigenvalue weighted by atomic mass is 16.3. The van der Waals surface area contributed by atoms with Gasteiger partial charge in [0.1, 0.15) is 5.82 Å². The lowest BCUT2D eigenvalue weighted by Crippen LogP contribution is -2.20. The van der Waals surface area contributed by atoms with Crippen molar-refractivity contribution in [3.63, 3.8) is 0 Å². The van der Waals surface area contributed by atoms with Gasteiger partial charge >= 0.3 is 0 Å². The lowest BCUT2D eigenvalue weighted by atomic mass is 10.2. The minimum absolute atomic E-state index is 0.0199. The van der Waals surface area contributed by atoms with Gasteiger partial charge in [0.15, 0.2) is 5.82 Å². The van der Waals surface area contributed by atoms with E-state index in [2.05, 4.69) is 15.3 Å². The van der Waals surface area contributed by atoms with E-state index in [0.717, 1.165) is 11.4 Å². The summed E-state index contributed by atoms with van der Waals surface area (Å²) in [5.74, 6) is 1.40. The molecule has 88 valence electrons. The molecular weight excluding hydrogens is 214 g/mol. The van der Waals surface area contributed by atoms with E-state index in [-0.39, 0.29) is 12.6 Å². The van der Waals surface area contributed by atoms with E-state index in [4.69, 9.17) is 5.11 Å². The van der Waals surface area contributed by atoms with Crippen LogP contribution in [-0.4, -0.2) is 27.7 Å². The summed E-state index contributed by atoms with van der Waals surface area (Å²) in [7, 11) is 0. The summed E-state index contributed by atoms with van der Waals surface area (Å²) in [6, 6.07) is 11.6. The molecular formula is C13H15N3O. The van der Waals surface area contributed by atoms with Gasteiger partial charge in [0.05, 0.1) is 6.61 Å². The largest absolute Gasteiger partial charge is 0.394 e. The summed E-state index contributed by atoms with van der Waals surface area (Å²) >= 11 is 0. The van der Waals surface area contributed by atoms with E-state index in [1.807, 2.05) is 37.3 Å². The van der Waals surface area contributed by atoms with E-state index in [9.17, 15) is 0 Å². The van der Waals surface area contributed by atoms with Gasteiger partial charge in [-0.2, -0.15) is 0 Å². The number of nitrogens with one attached hydrogen (secondary N) is 1. The first-order valence-corrected chi connectivity index (χ1v) is 5.55. The molecule has 0 saturated carbocycles. The molecule has 1 atom stereocenters. The van der Waals surface area contributed by atoms with E-state index in [1.165, 1.54) is 0 Å². The SMILES string of the molecule is CC(CO)Nc1ccnc(-c2ccccc2)n1. The molecule has 1 aromatic carbocycles. The van der Waals surface area contributed by atoms with Crippen molar-refractivity contribution >= 4 is 5.82 Å². The van der Waals surface area contributed by atoms with Gasteiger partial charge in [-0.25, -0.2) is 9.97 Å². The summed E-state index contributed by atoms with van der Waals surface area (Å²) < 4.78 is 0. The molecule has 4 nitrogen and oxygen atoms in total. The molecule has 4 heteroatoms. The number of nitrogens with zero attached hydrogens (tertiary/aromatic N) is 2. The maximum absolute atomic E-state index is 8.98. The third-order valence-electron chi connectivity index (χ3n) is 2.36. The van der Waals surface area contributed by atoms with Crippen LogP contribution in [0.3, 0.4) is 0 Å². The van der Waals surface area contributed by atoms with Gasteiger partial charge in [0.25, 0.3) is 0 Å². The lowest BCUT2D eigenvalue weighted by Gasteiger charge is -2.11. The molecule has 2 rings (SSSR count). The van der Waals surface area contributed by atoms with Crippen LogP contribution in [0, 0.1) is 0 Å². The van der Waals surface area contributed by atoms with Crippen molar-refractivity contribution in [1.82, 2.24) is 9.97 Å². The number of hydrogen-bond donors (Lipinski definition) is 2.